The number of hydrogen-bond acceptors (Lipinski definition) is 7. The Balaban J connectivity index is 1.52. The molecule has 7 heteroatoms. The van der Waals surface area contributed by atoms with E-state index in [1.807, 2.05) is 0 Å². The summed E-state index contributed by atoms with van der Waals surface area (Å²) in [5, 5.41) is 3.92. The number of ketones is 1. The second-order valence-electron chi connectivity index (χ2n) is 6.77. The number of nitrogens with one attached hydrogen (secondary N) is 1. The molecule has 1 N–H and O–H groups in total. The number of aryl methyl sites for hydroxylation is 1. The van der Waals surface area contributed by atoms with Crippen molar-refractivity contribution in [2.24, 2.45) is 0 Å². The van der Waals surface area contributed by atoms with Gasteiger partial charge in [-0.2, -0.15) is 0 Å². The highest BCUT2D eigenvalue weighted by atomic mass is 32.1. The molecule has 0 amide bonds. The zero-order chi connectivity index (χ0) is 19.5. The molecule has 2 aliphatic rings. The molecule has 0 bridgehead atoms. The van der Waals surface area contributed by atoms with Crippen LogP contribution in [0.1, 0.15) is 50.9 Å². The van der Waals surface area contributed by atoms with Crippen molar-refractivity contribution in [3.8, 4) is 11.5 Å². The molecule has 1 aromatic heterocycles. The van der Waals surface area contributed by atoms with Gasteiger partial charge in [-0.25, -0.2) is 4.79 Å². The smallest absolute Gasteiger partial charge is 0.341 e. The van der Waals surface area contributed by atoms with Crippen molar-refractivity contribution < 1.29 is 23.8 Å². The third kappa shape index (κ3) is 3.71. The first-order valence-electron chi connectivity index (χ1n) is 9.65. The maximum Gasteiger partial charge on any atom is 0.341 e. The fourth-order valence-electron chi connectivity index (χ4n) is 3.59. The lowest BCUT2D eigenvalue weighted by Crippen LogP contribution is -2.18. The Morgan fingerprint density at radius 1 is 1.14 bits per heavy atom. The van der Waals surface area contributed by atoms with Gasteiger partial charge in [-0.15, -0.1) is 11.3 Å². The Kier molecular flexibility index (Phi) is 5.52. The largest absolute Gasteiger partial charge is 0.486 e. The highest BCUT2D eigenvalue weighted by Gasteiger charge is 2.26. The number of thiophene rings is 1. The molecule has 0 saturated carbocycles. The molecule has 148 valence electrons. The molecule has 1 aliphatic heterocycles. The lowest BCUT2D eigenvalue weighted by molar-refractivity contribution is 0.0526. The van der Waals surface area contributed by atoms with Gasteiger partial charge in [0.2, 0.25) is 0 Å². The van der Waals surface area contributed by atoms with E-state index in [9.17, 15) is 9.59 Å². The molecule has 1 aromatic carbocycles. The predicted molar refractivity (Wildman–Crippen MR) is 107 cm³/mol. The van der Waals surface area contributed by atoms with E-state index >= 15 is 0 Å². The van der Waals surface area contributed by atoms with Crippen molar-refractivity contribution in [2.45, 2.75) is 32.6 Å². The van der Waals surface area contributed by atoms with Crippen molar-refractivity contribution >= 4 is 28.1 Å². The Hall–Kier alpha value is -2.54. The molecule has 0 saturated heterocycles. The zero-order valence-corrected chi connectivity index (χ0v) is 16.7. The van der Waals surface area contributed by atoms with E-state index in [-0.39, 0.29) is 18.3 Å². The van der Waals surface area contributed by atoms with Gasteiger partial charge in [-0.3, -0.25) is 4.79 Å². The fraction of sp³-hybridized carbons (Fsp3) is 0.429. The fourth-order valence-corrected chi connectivity index (χ4v) is 4.86. The third-order valence-electron chi connectivity index (χ3n) is 4.92. The Labute approximate surface area is 167 Å². The standard InChI is InChI=1S/C21H23NO5S/c1-2-25-21(24)19-14-5-3-4-6-18(14)28-20(19)22-12-15(23)13-7-8-16-17(11-13)27-10-9-26-16/h7-8,11,22H,2-6,9-10,12H2,1H3. The summed E-state index contributed by atoms with van der Waals surface area (Å²) in [4.78, 5) is 26.4. The van der Waals surface area contributed by atoms with Crippen LogP contribution in [-0.2, 0) is 17.6 Å². The Bertz CT molecular complexity index is 904. The van der Waals surface area contributed by atoms with E-state index in [4.69, 9.17) is 14.2 Å². The summed E-state index contributed by atoms with van der Waals surface area (Å²) in [7, 11) is 0. The van der Waals surface area contributed by atoms with Crippen molar-refractivity contribution in [2.75, 3.05) is 31.7 Å². The van der Waals surface area contributed by atoms with Crippen LogP contribution < -0.4 is 14.8 Å². The molecule has 1 aliphatic carbocycles. The minimum absolute atomic E-state index is 0.0712. The van der Waals surface area contributed by atoms with Crippen LogP contribution in [0.15, 0.2) is 18.2 Å². The number of rotatable bonds is 6. The van der Waals surface area contributed by atoms with Crippen molar-refractivity contribution in [3.63, 3.8) is 0 Å². The van der Waals surface area contributed by atoms with E-state index in [1.165, 1.54) is 4.88 Å². The van der Waals surface area contributed by atoms with Crippen LogP contribution in [0.5, 0.6) is 11.5 Å². The average Bonchev–Trinajstić information content (AvgIpc) is 3.10. The van der Waals surface area contributed by atoms with Gasteiger partial charge in [-0.1, -0.05) is 0 Å². The van der Waals surface area contributed by atoms with Crippen LogP contribution in [0.25, 0.3) is 0 Å². The summed E-state index contributed by atoms with van der Waals surface area (Å²) in [5.74, 6) is 0.872. The molecule has 2 heterocycles. The number of ether oxygens (including phenoxy) is 3. The topological polar surface area (TPSA) is 73.9 Å². The van der Waals surface area contributed by atoms with Crippen LogP contribution in [0.2, 0.25) is 0 Å². The number of carbonyl (C=O) groups excluding carboxylic acids is 2. The van der Waals surface area contributed by atoms with Gasteiger partial charge in [-0.05, 0) is 56.4 Å². The number of carbonyl (C=O) groups is 2. The van der Waals surface area contributed by atoms with Crippen LogP contribution in [0, 0.1) is 0 Å². The maximum atomic E-state index is 12.7. The van der Waals surface area contributed by atoms with Gasteiger partial charge >= 0.3 is 5.97 Å². The van der Waals surface area contributed by atoms with Crippen LogP contribution in [0.3, 0.4) is 0 Å². The summed E-state index contributed by atoms with van der Waals surface area (Å²) >= 11 is 1.57. The monoisotopic (exact) mass is 401 g/mol. The first kappa shape index (κ1) is 18.8. The SMILES string of the molecule is CCOC(=O)c1c(NCC(=O)c2ccc3c(c2)OCCO3)sc2c1CCCC2. The van der Waals surface area contributed by atoms with Crippen LogP contribution in [-0.4, -0.2) is 38.1 Å². The molecule has 2 aromatic rings. The van der Waals surface area contributed by atoms with E-state index < -0.39 is 0 Å². The summed E-state index contributed by atoms with van der Waals surface area (Å²) in [6, 6.07) is 5.21. The number of Topliss-reactive ketones (excluding diaryl/α,β-unsaturated/α-hetero) is 1. The van der Waals surface area contributed by atoms with Gasteiger partial charge in [0.15, 0.2) is 17.3 Å². The summed E-state index contributed by atoms with van der Waals surface area (Å²) < 4.78 is 16.3. The third-order valence-corrected chi connectivity index (χ3v) is 6.17. The molecule has 0 fully saturated rings. The quantitative estimate of drug-likeness (QED) is 0.585. The average molecular weight is 401 g/mol. The number of anilines is 1. The normalized spacial score (nSPS) is 14.9. The van der Waals surface area contributed by atoms with Crippen molar-refractivity contribution in [1.29, 1.82) is 0 Å². The Morgan fingerprint density at radius 3 is 2.75 bits per heavy atom. The number of hydrogen-bond donors (Lipinski definition) is 1. The highest BCUT2D eigenvalue weighted by molar-refractivity contribution is 7.16. The van der Waals surface area contributed by atoms with E-state index in [0.717, 1.165) is 36.2 Å². The molecule has 0 radical (unpaired) electrons. The summed E-state index contributed by atoms with van der Waals surface area (Å²) in [6.07, 6.45) is 4.07. The van der Waals surface area contributed by atoms with Gasteiger partial charge < -0.3 is 19.5 Å². The molecular weight excluding hydrogens is 378 g/mol. The summed E-state index contributed by atoms with van der Waals surface area (Å²) in [6.45, 7) is 3.23. The number of esters is 1. The number of benzene rings is 1. The second kappa shape index (κ2) is 8.22. The lowest BCUT2D eigenvalue weighted by Gasteiger charge is -2.18. The summed E-state index contributed by atoms with van der Waals surface area (Å²) in [5.41, 5.74) is 2.25. The molecule has 6 nitrogen and oxygen atoms in total. The van der Waals surface area contributed by atoms with Crippen molar-refractivity contribution in [1.82, 2.24) is 0 Å². The minimum Gasteiger partial charge on any atom is -0.486 e. The second-order valence-corrected chi connectivity index (χ2v) is 7.88. The van der Waals surface area contributed by atoms with Crippen LogP contribution in [0.4, 0.5) is 5.00 Å². The molecule has 28 heavy (non-hydrogen) atoms. The van der Waals surface area contributed by atoms with Gasteiger partial charge in [0, 0.05) is 10.4 Å². The van der Waals surface area contributed by atoms with E-state index in [0.29, 0.717) is 42.4 Å². The lowest BCUT2D eigenvalue weighted by atomic mass is 9.95. The Morgan fingerprint density at radius 2 is 1.93 bits per heavy atom. The van der Waals surface area contributed by atoms with Gasteiger partial charge in [0.25, 0.3) is 0 Å². The molecule has 0 spiro atoms. The minimum atomic E-state index is -0.309. The van der Waals surface area contributed by atoms with E-state index in [2.05, 4.69) is 5.32 Å². The molecule has 0 atom stereocenters. The predicted octanol–water partition coefficient (Wildman–Crippen LogP) is 3.87. The highest BCUT2D eigenvalue weighted by Crippen LogP contribution is 2.38. The first-order chi connectivity index (χ1) is 13.7. The van der Waals surface area contributed by atoms with Gasteiger partial charge in [0.1, 0.15) is 18.2 Å². The maximum absolute atomic E-state index is 12.7. The van der Waals surface area contributed by atoms with E-state index in [1.54, 1.807) is 36.5 Å². The van der Waals surface area contributed by atoms with Gasteiger partial charge in [0.05, 0.1) is 18.7 Å². The van der Waals surface area contributed by atoms with Crippen molar-refractivity contribution in [3.05, 3.63) is 39.8 Å². The first-order valence-corrected chi connectivity index (χ1v) is 10.5. The zero-order valence-electron chi connectivity index (χ0n) is 15.8. The van der Waals surface area contributed by atoms with Crippen LogP contribution >= 0.6 is 11.3 Å². The molecular formula is C21H23NO5S. The molecule has 4 rings (SSSR count). The molecule has 0 unspecified atom stereocenters. The number of fused-ring (bicyclic) bond motifs is 2.